The minimum absolute atomic E-state index is 0.173. The zero-order valence-electron chi connectivity index (χ0n) is 16.3. The zero-order valence-corrected chi connectivity index (χ0v) is 16.3. The van der Waals surface area contributed by atoms with E-state index in [1.54, 1.807) is 0 Å². The normalized spacial score (nSPS) is 18.2. The molecule has 0 unspecified atom stereocenters. The standard InChI is InChI=1S/C24H28N2O2/c1-19-23-13-8-14-25(23)15-16-26(19)17-22(27)18-28-24(20-9-4-2-5-10-20)21-11-6-3-7-12-21/h2-14,19,22,24,27H,15-18H2,1H3/t19-,22+/m0/s1. The van der Waals surface area contributed by atoms with Gasteiger partial charge in [0.2, 0.25) is 0 Å². The Morgan fingerprint density at radius 2 is 1.57 bits per heavy atom. The fourth-order valence-electron chi connectivity index (χ4n) is 4.05. The summed E-state index contributed by atoms with van der Waals surface area (Å²) in [4.78, 5) is 2.34. The Morgan fingerprint density at radius 1 is 0.929 bits per heavy atom. The summed E-state index contributed by atoms with van der Waals surface area (Å²) in [6.45, 7) is 5.04. The van der Waals surface area contributed by atoms with Crippen molar-refractivity contribution in [1.82, 2.24) is 9.47 Å². The number of fused-ring (bicyclic) bond motifs is 1. The van der Waals surface area contributed by atoms with Crippen LogP contribution in [0.2, 0.25) is 0 Å². The molecule has 4 rings (SSSR count). The highest BCUT2D eigenvalue weighted by molar-refractivity contribution is 5.29. The Labute approximate surface area is 167 Å². The summed E-state index contributed by atoms with van der Waals surface area (Å²) in [6.07, 6.45) is 1.43. The molecule has 0 saturated heterocycles. The summed E-state index contributed by atoms with van der Waals surface area (Å²) in [6, 6.07) is 25.0. The molecule has 2 aromatic carbocycles. The third kappa shape index (κ3) is 4.20. The molecule has 0 saturated carbocycles. The van der Waals surface area contributed by atoms with Gasteiger partial charge in [-0.1, -0.05) is 60.7 Å². The van der Waals surface area contributed by atoms with Crippen molar-refractivity contribution in [2.24, 2.45) is 0 Å². The molecule has 0 radical (unpaired) electrons. The lowest BCUT2D eigenvalue weighted by atomic mass is 10.0. The van der Waals surface area contributed by atoms with Gasteiger partial charge in [-0.2, -0.15) is 0 Å². The molecule has 0 fully saturated rings. The first-order chi connectivity index (χ1) is 13.7. The smallest absolute Gasteiger partial charge is 0.108 e. The number of hydrogen-bond acceptors (Lipinski definition) is 3. The van der Waals surface area contributed by atoms with Crippen LogP contribution in [0.15, 0.2) is 79.0 Å². The van der Waals surface area contributed by atoms with Gasteiger partial charge >= 0.3 is 0 Å². The lowest BCUT2D eigenvalue weighted by Crippen LogP contribution is -2.42. The third-order valence-electron chi connectivity index (χ3n) is 5.57. The van der Waals surface area contributed by atoms with Gasteiger partial charge in [-0.25, -0.2) is 0 Å². The van der Waals surface area contributed by atoms with E-state index >= 15 is 0 Å². The Bertz CT molecular complexity index is 823. The predicted octanol–water partition coefficient (Wildman–Crippen LogP) is 4.03. The van der Waals surface area contributed by atoms with Crippen molar-refractivity contribution in [3.8, 4) is 0 Å². The maximum atomic E-state index is 10.7. The van der Waals surface area contributed by atoms with Crippen LogP contribution in [0.25, 0.3) is 0 Å². The van der Waals surface area contributed by atoms with Gasteiger partial charge in [0.15, 0.2) is 0 Å². The Hall–Kier alpha value is -2.40. The van der Waals surface area contributed by atoms with Crippen LogP contribution < -0.4 is 0 Å². The summed E-state index contributed by atoms with van der Waals surface area (Å²) in [5, 5.41) is 10.7. The largest absolute Gasteiger partial charge is 0.389 e. The monoisotopic (exact) mass is 376 g/mol. The molecule has 2 heterocycles. The average Bonchev–Trinajstić information content (AvgIpc) is 3.22. The van der Waals surface area contributed by atoms with Gasteiger partial charge in [0.05, 0.1) is 12.7 Å². The number of benzene rings is 2. The first-order valence-corrected chi connectivity index (χ1v) is 10.0. The number of β-amino-alcohol motifs (C(OH)–C–C–N with tert-alkyl or cyclic N) is 1. The van der Waals surface area contributed by atoms with E-state index in [9.17, 15) is 5.11 Å². The van der Waals surface area contributed by atoms with Crippen LogP contribution in [0.1, 0.15) is 35.9 Å². The molecule has 2 atom stereocenters. The summed E-state index contributed by atoms with van der Waals surface area (Å²) < 4.78 is 8.52. The molecule has 1 aliphatic heterocycles. The molecule has 0 amide bonds. The van der Waals surface area contributed by atoms with E-state index in [1.807, 2.05) is 36.4 Å². The van der Waals surface area contributed by atoms with Gasteiger partial charge in [0, 0.05) is 37.6 Å². The van der Waals surface area contributed by atoms with E-state index in [4.69, 9.17) is 4.74 Å². The number of hydrogen-bond donors (Lipinski definition) is 1. The van der Waals surface area contributed by atoms with Crippen molar-refractivity contribution in [3.63, 3.8) is 0 Å². The van der Waals surface area contributed by atoms with Gasteiger partial charge in [0.1, 0.15) is 6.10 Å². The van der Waals surface area contributed by atoms with Crippen molar-refractivity contribution in [2.45, 2.75) is 31.7 Å². The average molecular weight is 377 g/mol. The molecule has 3 aromatic rings. The summed E-state index contributed by atoms with van der Waals surface area (Å²) >= 11 is 0. The van der Waals surface area contributed by atoms with E-state index < -0.39 is 6.10 Å². The van der Waals surface area contributed by atoms with Crippen LogP contribution in [0, 0.1) is 0 Å². The van der Waals surface area contributed by atoms with Gasteiger partial charge < -0.3 is 14.4 Å². The molecule has 1 aromatic heterocycles. The highest BCUT2D eigenvalue weighted by Gasteiger charge is 2.26. The number of aliphatic hydroxyl groups is 1. The summed E-state index contributed by atoms with van der Waals surface area (Å²) in [5.41, 5.74) is 3.51. The molecule has 146 valence electrons. The van der Waals surface area contributed by atoms with Crippen molar-refractivity contribution < 1.29 is 9.84 Å². The van der Waals surface area contributed by atoms with Crippen LogP contribution in [0.4, 0.5) is 0 Å². The SMILES string of the molecule is C[C@H]1c2cccn2CCN1C[C@@H](O)COC(c1ccccc1)c1ccccc1. The van der Waals surface area contributed by atoms with E-state index in [-0.39, 0.29) is 6.10 Å². The first-order valence-electron chi connectivity index (χ1n) is 10.0. The fourth-order valence-corrected chi connectivity index (χ4v) is 4.05. The number of nitrogens with zero attached hydrogens (tertiary/aromatic N) is 2. The van der Waals surface area contributed by atoms with Gasteiger partial charge in [-0.3, -0.25) is 4.90 Å². The van der Waals surface area contributed by atoms with Crippen molar-refractivity contribution >= 4 is 0 Å². The topological polar surface area (TPSA) is 37.6 Å². The number of ether oxygens (including phenoxy) is 1. The lowest BCUT2D eigenvalue weighted by molar-refractivity contribution is -0.0165. The number of aliphatic hydroxyl groups excluding tert-OH is 1. The van der Waals surface area contributed by atoms with Gasteiger partial charge in [-0.05, 0) is 30.2 Å². The van der Waals surface area contributed by atoms with E-state index in [2.05, 4.69) is 59.0 Å². The first kappa shape index (κ1) is 18.9. The van der Waals surface area contributed by atoms with Crippen molar-refractivity contribution in [2.75, 3.05) is 19.7 Å². The minimum atomic E-state index is -0.529. The Balaban J connectivity index is 1.40. The predicted molar refractivity (Wildman–Crippen MR) is 111 cm³/mol. The van der Waals surface area contributed by atoms with Crippen LogP contribution in [-0.2, 0) is 11.3 Å². The molecule has 0 bridgehead atoms. The van der Waals surface area contributed by atoms with E-state index in [0.717, 1.165) is 24.2 Å². The third-order valence-corrected chi connectivity index (χ3v) is 5.57. The quantitative estimate of drug-likeness (QED) is 0.676. The van der Waals surface area contributed by atoms with Crippen molar-refractivity contribution in [1.29, 1.82) is 0 Å². The highest BCUT2D eigenvalue weighted by Crippen LogP contribution is 2.27. The zero-order chi connectivity index (χ0) is 19.3. The second kappa shape index (κ2) is 8.74. The van der Waals surface area contributed by atoms with E-state index in [0.29, 0.717) is 19.2 Å². The molecule has 4 nitrogen and oxygen atoms in total. The molecule has 1 N–H and O–H groups in total. The molecular weight excluding hydrogens is 348 g/mol. The fraction of sp³-hybridized carbons (Fsp3) is 0.333. The number of aromatic nitrogens is 1. The maximum Gasteiger partial charge on any atom is 0.108 e. The Kier molecular flexibility index (Phi) is 5.91. The van der Waals surface area contributed by atoms with Crippen molar-refractivity contribution in [3.05, 3.63) is 95.8 Å². The second-order valence-corrected chi connectivity index (χ2v) is 7.49. The highest BCUT2D eigenvalue weighted by atomic mass is 16.5. The molecule has 0 spiro atoms. The summed E-state index contributed by atoms with van der Waals surface area (Å²) in [7, 11) is 0. The van der Waals surface area contributed by atoms with Gasteiger partial charge in [0.25, 0.3) is 0 Å². The van der Waals surface area contributed by atoms with Gasteiger partial charge in [-0.15, -0.1) is 0 Å². The minimum Gasteiger partial charge on any atom is -0.389 e. The van der Waals surface area contributed by atoms with Crippen LogP contribution >= 0.6 is 0 Å². The molecule has 28 heavy (non-hydrogen) atoms. The molecule has 4 heteroatoms. The molecule has 0 aliphatic carbocycles. The number of rotatable bonds is 7. The Morgan fingerprint density at radius 3 is 2.21 bits per heavy atom. The van der Waals surface area contributed by atoms with Crippen LogP contribution in [-0.4, -0.2) is 40.4 Å². The maximum absolute atomic E-state index is 10.7. The van der Waals surface area contributed by atoms with Crippen LogP contribution in [0.3, 0.4) is 0 Å². The summed E-state index contributed by atoms with van der Waals surface area (Å²) in [5.74, 6) is 0. The molecular formula is C24H28N2O2. The lowest BCUT2D eigenvalue weighted by Gasteiger charge is -2.36. The van der Waals surface area contributed by atoms with E-state index in [1.165, 1.54) is 5.69 Å². The van der Waals surface area contributed by atoms with Crippen LogP contribution in [0.5, 0.6) is 0 Å². The molecule has 1 aliphatic rings. The second-order valence-electron chi connectivity index (χ2n) is 7.49.